The van der Waals surface area contributed by atoms with Crippen molar-refractivity contribution in [3.8, 4) is 5.75 Å². The first-order valence-corrected chi connectivity index (χ1v) is 6.25. The average molecular weight is 312 g/mol. The smallest absolute Gasteiger partial charge is 0.310 e. The van der Waals surface area contributed by atoms with Gasteiger partial charge >= 0.3 is 12.3 Å². The molecule has 1 N–H and O–H groups in total. The van der Waals surface area contributed by atoms with Gasteiger partial charge in [0.05, 0.1) is 6.10 Å². The summed E-state index contributed by atoms with van der Waals surface area (Å²) in [6.45, 7) is 5.08. The van der Waals surface area contributed by atoms with Gasteiger partial charge in [0.1, 0.15) is 5.60 Å². The fraction of sp³-hybridized carbons (Fsp3) is 0.571. The third-order valence-electron chi connectivity index (χ3n) is 2.54. The molecular weight excluding hydrogens is 295 g/mol. The summed E-state index contributed by atoms with van der Waals surface area (Å²) in [5.41, 5.74) is -0.877. The van der Waals surface area contributed by atoms with E-state index in [1.54, 1.807) is 20.8 Å². The Balaban J connectivity index is 2.88. The van der Waals surface area contributed by atoms with Gasteiger partial charge in [0.2, 0.25) is 0 Å². The maximum atomic E-state index is 13.8. The highest BCUT2D eigenvalue weighted by atomic mass is 19.3. The molecule has 0 aliphatic heterocycles. The van der Waals surface area contributed by atoms with Crippen molar-refractivity contribution in [3.05, 3.63) is 29.6 Å². The molecule has 0 radical (unpaired) electrons. The Kier molecular flexibility index (Phi) is 5.20. The van der Waals surface area contributed by atoms with Crippen molar-refractivity contribution in [2.45, 2.75) is 51.2 Å². The van der Waals surface area contributed by atoms with E-state index in [1.807, 2.05) is 0 Å². The second kappa shape index (κ2) is 6.17. The van der Waals surface area contributed by atoms with Crippen LogP contribution >= 0.6 is 0 Å². The molecule has 2 nitrogen and oxygen atoms in total. The lowest BCUT2D eigenvalue weighted by Gasteiger charge is -2.23. The van der Waals surface area contributed by atoms with Crippen molar-refractivity contribution < 1.29 is 31.8 Å². The third kappa shape index (κ3) is 5.15. The van der Waals surface area contributed by atoms with Crippen LogP contribution in [0.2, 0.25) is 0 Å². The minimum Gasteiger partial charge on any atom is -0.485 e. The van der Waals surface area contributed by atoms with E-state index in [1.165, 1.54) is 6.07 Å². The molecule has 1 aromatic rings. The number of aliphatic hydroxyl groups is 1. The van der Waals surface area contributed by atoms with E-state index in [4.69, 9.17) is 4.74 Å². The van der Waals surface area contributed by atoms with Gasteiger partial charge in [-0.1, -0.05) is 6.07 Å². The van der Waals surface area contributed by atoms with Crippen LogP contribution in [-0.2, 0) is 0 Å². The summed E-state index contributed by atoms with van der Waals surface area (Å²) in [4.78, 5) is 0. The predicted molar refractivity (Wildman–Crippen MR) is 67.3 cm³/mol. The summed E-state index contributed by atoms with van der Waals surface area (Å²) in [6, 6.07) is 3.13. The fourth-order valence-electron chi connectivity index (χ4n) is 1.60. The summed E-state index contributed by atoms with van der Waals surface area (Å²) in [5.74, 6) is -5.31. The topological polar surface area (TPSA) is 29.5 Å². The molecular formula is C14H17F5O2. The Morgan fingerprint density at radius 3 is 2.19 bits per heavy atom. The minimum atomic E-state index is -4.34. The summed E-state index contributed by atoms with van der Waals surface area (Å²) in [5, 5.41) is 9.53. The van der Waals surface area contributed by atoms with Crippen molar-refractivity contribution in [3.63, 3.8) is 0 Å². The first kappa shape index (κ1) is 17.7. The average Bonchev–Trinajstić information content (AvgIpc) is 2.29. The molecule has 0 aromatic heterocycles. The van der Waals surface area contributed by atoms with Gasteiger partial charge < -0.3 is 9.84 Å². The van der Waals surface area contributed by atoms with Gasteiger partial charge in [-0.3, -0.25) is 0 Å². The van der Waals surface area contributed by atoms with Gasteiger partial charge in [-0.05, 0) is 38.5 Å². The fourth-order valence-corrected chi connectivity index (χ4v) is 1.60. The second-order valence-corrected chi connectivity index (χ2v) is 5.69. The monoisotopic (exact) mass is 312 g/mol. The van der Waals surface area contributed by atoms with E-state index in [0.29, 0.717) is 0 Å². The maximum Gasteiger partial charge on any atom is 0.310 e. The van der Waals surface area contributed by atoms with Crippen LogP contribution in [0.1, 0.15) is 38.9 Å². The molecule has 0 fully saturated rings. The Morgan fingerprint density at radius 1 is 1.19 bits per heavy atom. The molecule has 1 unspecified atom stereocenters. The number of alkyl halides is 4. The van der Waals surface area contributed by atoms with Crippen molar-refractivity contribution in [2.24, 2.45) is 0 Å². The van der Waals surface area contributed by atoms with Gasteiger partial charge in [-0.2, -0.15) is 0 Å². The molecule has 1 aromatic carbocycles. The van der Waals surface area contributed by atoms with E-state index in [9.17, 15) is 27.1 Å². The minimum absolute atomic E-state index is 0.112. The standard InChI is InChI=1S/C14H17F5O2/c1-13(2,3)21-11-5-4-8(6-9(11)15)10(20)7-14(18,19)12(16)17/h4-6,10,12,20H,7H2,1-3H3. The molecule has 0 bridgehead atoms. The summed E-state index contributed by atoms with van der Waals surface area (Å²) in [7, 11) is 0. The lowest BCUT2D eigenvalue weighted by molar-refractivity contribution is -0.149. The van der Waals surface area contributed by atoms with Gasteiger partial charge in [-0.15, -0.1) is 0 Å². The highest BCUT2D eigenvalue weighted by Gasteiger charge is 2.42. The van der Waals surface area contributed by atoms with Crippen molar-refractivity contribution in [1.29, 1.82) is 0 Å². The summed E-state index contributed by atoms with van der Waals surface area (Å²) >= 11 is 0. The van der Waals surface area contributed by atoms with E-state index in [2.05, 4.69) is 0 Å². The molecule has 7 heteroatoms. The van der Waals surface area contributed by atoms with Gasteiger partial charge in [0.15, 0.2) is 11.6 Å². The first-order valence-electron chi connectivity index (χ1n) is 6.25. The molecule has 0 aliphatic rings. The molecule has 21 heavy (non-hydrogen) atoms. The predicted octanol–water partition coefficient (Wildman–Crippen LogP) is 4.33. The highest BCUT2D eigenvalue weighted by Crippen LogP contribution is 2.34. The number of aliphatic hydroxyl groups excluding tert-OH is 1. The van der Waals surface area contributed by atoms with E-state index in [-0.39, 0.29) is 11.3 Å². The second-order valence-electron chi connectivity index (χ2n) is 5.69. The Hall–Kier alpha value is -1.37. The third-order valence-corrected chi connectivity index (χ3v) is 2.54. The molecule has 0 heterocycles. The van der Waals surface area contributed by atoms with Gasteiger partial charge in [0, 0.05) is 6.42 Å². The van der Waals surface area contributed by atoms with Crippen molar-refractivity contribution >= 4 is 0 Å². The van der Waals surface area contributed by atoms with E-state index >= 15 is 0 Å². The van der Waals surface area contributed by atoms with Crippen molar-refractivity contribution in [2.75, 3.05) is 0 Å². The van der Waals surface area contributed by atoms with Crippen LogP contribution in [0, 0.1) is 5.82 Å². The van der Waals surface area contributed by atoms with Crippen LogP contribution in [0.15, 0.2) is 18.2 Å². The van der Waals surface area contributed by atoms with Gasteiger partial charge in [-0.25, -0.2) is 22.0 Å². The molecule has 1 atom stereocenters. The van der Waals surface area contributed by atoms with Crippen LogP contribution in [0.3, 0.4) is 0 Å². The molecule has 0 saturated heterocycles. The number of hydrogen-bond acceptors (Lipinski definition) is 2. The number of ether oxygens (including phenoxy) is 1. The molecule has 0 saturated carbocycles. The summed E-state index contributed by atoms with van der Waals surface area (Å²) in [6.07, 6.45) is -7.27. The molecule has 0 spiro atoms. The molecule has 0 amide bonds. The normalized spacial score (nSPS) is 14.4. The molecule has 120 valence electrons. The van der Waals surface area contributed by atoms with Crippen LogP contribution in [0.4, 0.5) is 22.0 Å². The van der Waals surface area contributed by atoms with Crippen LogP contribution in [0.5, 0.6) is 5.75 Å². The van der Waals surface area contributed by atoms with Crippen LogP contribution in [-0.4, -0.2) is 23.1 Å². The maximum absolute atomic E-state index is 13.8. The number of halogens is 5. The largest absolute Gasteiger partial charge is 0.485 e. The van der Waals surface area contributed by atoms with Crippen LogP contribution in [0.25, 0.3) is 0 Å². The van der Waals surface area contributed by atoms with Crippen molar-refractivity contribution in [1.82, 2.24) is 0 Å². The number of rotatable bonds is 5. The first-order chi connectivity index (χ1) is 9.42. The molecule has 1 rings (SSSR count). The summed E-state index contributed by atoms with van der Waals surface area (Å²) < 4.78 is 68.9. The van der Waals surface area contributed by atoms with E-state index < -0.39 is 36.3 Å². The number of benzene rings is 1. The van der Waals surface area contributed by atoms with Crippen LogP contribution < -0.4 is 4.74 Å². The zero-order chi connectivity index (χ0) is 16.4. The lowest BCUT2D eigenvalue weighted by atomic mass is 10.0. The lowest BCUT2D eigenvalue weighted by Crippen LogP contribution is -2.29. The zero-order valence-corrected chi connectivity index (χ0v) is 11.8. The van der Waals surface area contributed by atoms with Gasteiger partial charge in [0.25, 0.3) is 0 Å². The van der Waals surface area contributed by atoms with E-state index in [0.717, 1.165) is 12.1 Å². The SMILES string of the molecule is CC(C)(C)Oc1ccc(C(O)CC(F)(F)C(F)F)cc1F. The molecule has 0 aliphatic carbocycles. The zero-order valence-electron chi connectivity index (χ0n) is 11.8. The Bertz CT molecular complexity index is 483. The number of hydrogen-bond donors (Lipinski definition) is 1. The Morgan fingerprint density at radius 2 is 1.76 bits per heavy atom. The Labute approximate surface area is 119 Å². The highest BCUT2D eigenvalue weighted by molar-refractivity contribution is 5.31. The quantitative estimate of drug-likeness (QED) is 0.820.